The van der Waals surface area contributed by atoms with Crippen LogP contribution in [-0.2, 0) is 6.61 Å². The van der Waals surface area contributed by atoms with E-state index in [0.29, 0.717) is 40.7 Å². The minimum absolute atomic E-state index is 0.272. The SMILES string of the molecule is CCOc1cc(C=NNC(=O)c2cc(OC)cc(OC)c2)ccc1OCc1ccc(F)cc1. The first-order valence-corrected chi connectivity index (χ1v) is 10.2. The maximum atomic E-state index is 13.1. The molecule has 1 amide bonds. The number of halogens is 1. The summed E-state index contributed by atoms with van der Waals surface area (Å²) in [4.78, 5) is 12.4. The zero-order valence-electron chi connectivity index (χ0n) is 18.6. The predicted octanol–water partition coefficient (Wildman–Crippen LogP) is 4.58. The Morgan fingerprint density at radius 1 is 0.939 bits per heavy atom. The van der Waals surface area contributed by atoms with Gasteiger partial charge in [-0.25, -0.2) is 9.82 Å². The standard InChI is InChI=1S/C25H25FN2O5/c1-4-32-24-11-18(7-10-23(24)33-16-17-5-8-20(26)9-6-17)15-27-28-25(29)19-12-21(30-2)14-22(13-19)31-3/h5-15H,4,16H2,1-3H3,(H,28,29). The number of nitrogens with one attached hydrogen (secondary N) is 1. The summed E-state index contributed by atoms with van der Waals surface area (Å²) >= 11 is 0. The number of hydrogen-bond acceptors (Lipinski definition) is 6. The zero-order chi connectivity index (χ0) is 23.6. The number of carbonyl (C=O) groups excluding carboxylic acids is 1. The van der Waals surface area contributed by atoms with Gasteiger partial charge in [0.2, 0.25) is 0 Å². The van der Waals surface area contributed by atoms with Gasteiger partial charge in [-0.2, -0.15) is 5.10 Å². The molecule has 33 heavy (non-hydrogen) atoms. The van der Waals surface area contributed by atoms with E-state index < -0.39 is 5.91 Å². The van der Waals surface area contributed by atoms with Crippen molar-refractivity contribution >= 4 is 12.1 Å². The number of methoxy groups -OCH3 is 2. The Hall–Kier alpha value is -4.07. The average molecular weight is 452 g/mol. The van der Waals surface area contributed by atoms with Crippen molar-refractivity contribution in [3.8, 4) is 23.0 Å². The molecule has 0 saturated carbocycles. The van der Waals surface area contributed by atoms with E-state index in [4.69, 9.17) is 18.9 Å². The lowest BCUT2D eigenvalue weighted by atomic mass is 10.2. The topological polar surface area (TPSA) is 78.4 Å². The van der Waals surface area contributed by atoms with Crippen LogP contribution in [0.5, 0.6) is 23.0 Å². The number of carbonyl (C=O) groups is 1. The molecular weight excluding hydrogens is 427 g/mol. The molecule has 0 saturated heterocycles. The summed E-state index contributed by atoms with van der Waals surface area (Å²) in [6.45, 7) is 2.59. The van der Waals surface area contributed by atoms with Crippen LogP contribution in [0.3, 0.4) is 0 Å². The molecule has 0 unspecified atom stereocenters. The summed E-state index contributed by atoms with van der Waals surface area (Å²) in [5.41, 5.74) is 4.37. The second-order valence-corrected chi connectivity index (χ2v) is 6.85. The van der Waals surface area contributed by atoms with Gasteiger partial charge in [-0.1, -0.05) is 12.1 Å². The maximum absolute atomic E-state index is 13.1. The molecule has 3 aromatic rings. The first kappa shape index (κ1) is 23.6. The number of ether oxygens (including phenoxy) is 4. The third-order valence-electron chi connectivity index (χ3n) is 4.57. The molecule has 7 nitrogen and oxygen atoms in total. The Morgan fingerprint density at radius 3 is 2.27 bits per heavy atom. The van der Waals surface area contributed by atoms with E-state index >= 15 is 0 Å². The van der Waals surface area contributed by atoms with Crippen LogP contribution in [0.2, 0.25) is 0 Å². The highest BCUT2D eigenvalue weighted by atomic mass is 19.1. The molecule has 0 heterocycles. The van der Waals surface area contributed by atoms with Crippen molar-refractivity contribution in [3.05, 3.63) is 83.2 Å². The van der Waals surface area contributed by atoms with Crippen LogP contribution in [0, 0.1) is 5.82 Å². The highest BCUT2D eigenvalue weighted by Crippen LogP contribution is 2.29. The first-order valence-electron chi connectivity index (χ1n) is 10.2. The van der Waals surface area contributed by atoms with E-state index in [-0.39, 0.29) is 12.4 Å². The molecule has 0 fully saturated rings. The fourth-order valence-electron chi connectivity index (χ4n) is 2.90. The highest BCUT2D eigenvalue weighted by Gasteiger charge is 2.10. The predicted molar refractivity (Wildman–Crippen MR) is 123 cm³/mol. The summed E-state index contributed by atoms with van der Waals surface area (Å²) in [5, 5.41) is 4.02. The first-order chi connectivity index (χ1) is 16.0. The van der Waals surface area contributed by atoms with E-state index in [1.54, 1.807) is 48.5 Å². The molecule has 3 rings (SSSR count). The quantitative estimate of drug-likeness (QED) is 0.360. The van der Waals surface area contributed by atoms with Gasteiger partial charge in [-0.15, -0.1) is 0 Å². The smallest absolute Gasteiger partial charge is 0.271 e. The van der Waals surface area contributed by atoms with Gasteiger partial charge in [-0.05, 0) is 60.5 Å². The van der Waals surface area contributed by atoms with Crippen LogP contribution in [-0.4, -0.2) is 32.9 Å². The maximum Gasteiger partial charge on any atom is 0.271 e. The van der Waals surface area contributed by atoms with Crippen LogP contribution >= 0.6 is 0 Å². The van der Waals surface area contributed by atoms with Gasteiger partial charge in [-0.3, -0.25) is 4.79 Å². The minimum Gasteiger partial charge on any atom is -0.497 e. The molecule has 0 bridgehead atoms. The van der Waals surface area contributed by atoms with Crippen molar-refractivity contribution in [1.29, 1.82) is 0 Å². The average Bonchev–Trinajstić information content (AvgIpc) is 2.84. The minimum atomic E-state index is -0.410. The fraction of sp³-hybridized carbons (Fsp3) is 0.200. The monoisotopic (exact) mass is 452 g/mol. The molecular formula is C25H25FN2O5. The van der Waals surface area contributed by atoms with Crippen molar-refractivity contribution in [3.63, 3.8) is 0 Å². The lowest BCUT2D eigenvalue weighted by Gasteiger charge is -2.12. The highest BCUT2D eigenvalue weighted by molar-refractivity contribution is 5.95. The Kier molecular flexibility index (Phi) is 8.24. The fourth-order valence-corrected chi connectivity index (χ4v) is 2.90. The van der Waals surface area contributed by atoms with Crippen molar-refractivity contribution in [2.45, 2.75) is 13.5 Å². The third-order valence-corrected chi connectivity index (χ3v) is 4.57. The van der Waals surface area contributed by atoms with E-state index in [9.17, 15) is 9.18 Å². The van der Waals surface area contributed by atoms with Gasteiger partial charge in [0.15, 0.2) is 11.5 Å². The molecule has 1 N–H and O–H groups in total. The van der Waals surface area contributed by atoms with E-state index in [2.05, 4.69) is 10.5 Å². The second-order valence-electron chi connectivity index (χ2n) is 6.85. The molecule has 0 radical (unpaired) electrons. The summed E-state index contributed by atoms with van der Waals surface area (Å²) in [6.07, 6.45) is 1.50. The molecule has 0 atom stereocenters. The third kappa shape index (κ3) is 6.70. The summed E-state index contributed by atoms with van der Waals surface area (Å²) in [5.74, 6) is 1.38. The molecule has 0 spiro atoms. The normalized spacial score (nSPS) is 10.7. The van der Waals surface area contributed by atoms with Crippen LogP contribution in [0.4, 0.5) is 4.39 Å². The Bertz CT molecular complexity index is 1090. The van der Waals surface area contributed by atoms with Gasteiger partial charge in [0.1, 0.15) is 23.9 Å². The Morgan fingerprint density at radius 2 is 1.64 bits per heavy atom. The van der Waals surface area contributed by atoms with Crippen LogP contribution < -0.4 is 24.4 Å². The molecule has 3 aromatic carbocycles. The zero-order valence-corrected chi connectivity index (χ0v) is 18.6. The molecule has 0 aliphatic rings. The molecule has 8 heteroatoms. The van der Waals surface area contributed by atoms with Crippen molar-refractivity contribution in [2.75, 3.05) is 20.8 Å². The molecule has 0 aliphatic heterocycles. The van der Waals surface area contributed by atoms with E-state index in [1.807, 2.05) is 6.92 Å². The van der Waals surface area contributed by atoms with Gasteiger partial charge in [0.05, 0.1) is 27.0 Å². The number of amides is 1. The van der Waals surface area contributed by atoms with Gasteiger partial charge >= 0.3 is 0 Å². The number of rotatable bonds is 10. The molecule has 0 aliphatic carbocycles. The van der Waals surface area contributed by atoms with E-state index in [1.165, 1.54) is 32.6 Å². The van der Waals surface area contributed by atoms with Crippen LogP contribution in [0.25, 0.3) is 0 Å². The lowest BCUT2D eigenvalue weighted by molar-refractivity contribution is 0.0954. The van der Waals surface area contributed by atoms with Crippen molar-refractivity contribution in [1.82, 2.24) is 5.43 Å². The Balaban J connectivity index is 1.67. The number of benzene rings is 3. The number of hydrazone groups is 1. The van der Waals surface area contributed by atoms with E-state index in [0.717, 1.165) is 5.56 Å². The van der Waals surface area contributed by atoms with Gasteiger partial charge in [0, 0.05) is 11.6 Å². The van der Waals surface area contributed by atoms with Gasteiger partial charge < -0.3 is 18.9 Å². The van der Waals surface area contributed by atoms with Crippen molar-refractivity contribution < 1.29 is 28.1 Å². The van der Waals surface area contributed by atoms with Gasteiger partial charge in [0.25, 0.3) is 5.91 Å². The van der Waals surface area contributed by atoms with Crippen molar-refractivity contribution in [2.24, 2.45) is 5.10 Å². The number of hydrogen-bond donors (Lipinski definition) is 1. The molecule has 0 aromatic heterocycles. The Labute approximate surface area is 191 Å². The summed E-state index contributed by atoms with van der Waals surface area (Å²) in [6, 6.07) is 16.3. The summed E-state index contributed by atoms with van der Waals surface area (Å²) < 4.78 is 34.9. The second kappa shape index (κ2) is 11.5. The van der Waals surface area contributed by atoms with Crippen LogP contribution in [0.1, 0.15) is 28.4 Å². The largest absolute Gasteiger partial charge is 0.497 e. The number of nitrogens with zero attached hydrogens (tertiary/aromatic N) is 1. The summed E-state index contributed by atoms with van der Waals surface area (Å²) in [7, 11) is 3.02. The lowest BCUT2D eigenvalue weighted by Crippen LogP contribution is -2.17. The van der Waals surface area contributed by atoms with Crippen LogP contribution in [0.15, 0.2) is 65.8 Å². The molecule has 172 valence electrons.